The first-order valence-corrected chi connectivity index (χ1v) is 5.69. The summed E-state index contributed by atoms with van der Waals surface area (Å²) in [4.78, 5) is 0. The molecule has 0 aliphatic rings. The summed E-state index contributed by atoms with van der Waals surface area (Å²) in [6.07, 6.45) is 3.20. The maximum Gasteiger partial charge on any atom is 0.0645 e. The molecule has 1 N–H and O–H groups in total. The molecule has 1 heterocycles. The van der Waals surface area contributed by atoms with Crippen LogP contribution in [-0.4, -0.2) is 24.8 Å². The van der Waals surface area contributed by atoms with Crippen molar-refractivity contribution in [1.29, 1.82) is 0 Å². The monoisotopic (exact) mass is 210 g/mol. The van der Waals surface area contributed by atoms with E-state index in [1.54, 1.807) is 0 Å². The van der Waals surface area contributed by atoms with E-state index in [2.05, 4.69) is 42.1 Å². The van der Waals surface area contributed by atoms with Gasteiger partial charge in [-0.05, 0) is 32.5 Å². The number of hydrogen-bond acceptors (Lipinski definition) is 2. The zero-order valence-corrected chi connectivity index (χ0v) is 9.99. The highest BCUT2D eigenvalue weighted by Crippen LogP contribution is 2.12. The largest absolute Gasteiger partial charge is 0.380 e. The molecule has 0 radical (unpaired) electrons. The Morgan fingerprint density at radius 1 is 1.47 bits per heavy atom. The molecular formula is C12H22N2O. The lowest BCUT2D eigenvalue weighted by molar-refractivity contribution is 0.126. The fraction of sp³-hybridized carbons (Fsp3) is 0.667. The number of ether oxygens (including phenoxy) is 1. The van der Waals surface area contributed by atoms with E-state index in [9.17, 15) is 0 Å². The van der Waals surface area contributed by atoms with Crippen LogP contribution in [0.25, 0.3) is 0 Å². The van der Waals surface area contributed by atoms with E-state index in [0.717, 1.165) is 26.2 Å². The molecule has 0 spiro atoms. The van der Waals surface area contributed by atoms with Crippen molar-refractivity contribution in [2.24, 2.45) is 0 Å². The van der Waals surface area contributed by atoms with Crippen LogP contribution in [0.15, 0.2) is 18.3 Å². The van der Waals surface area contributed by atoms with E-state index in [0.29, 0.717) is 6.04 Å². The Morgan fingerprint density at radius 3 is 2.93 bits per heavy atom. The van der Waals surface area contributed by atoms with E-state index < -0.39 is 0 Å². The molecule has 0 aromatic carbocycles. The molecule has 3 nitrogen and oxygen atoms in total. The topological polar surface area (TPSA) is 26.2 Å². The Bertz CT molecular complexity index is 270. The molecule has 1 atom stereocenters. The maximum absolute atomic E-state index is 5.48. The van der Waals surface area contributed by atoms with Gasteiger partial charge >= 0.3 is 0 Å². The van der Waals surface area contributed by atoms with Crippen LogP contribution in [0.4, 0.5) is 0 Å². The molecule has 1 rings (SSSR count). The van der Waals surface area contributed by atoms with Crippen molar-refractivity contribution in [3.63, 3.8) is 0 Å². The molecule has 0 amide bonds. The van der Waals surface area contributed by atoms with E-state index in [1.165, 1.54) is 5.69 Å². The van der Waals surface area contributed by atoms with Gasteiger partial charge in [-0.3, -0.25) is 0 Å². The van der Waals surface area contributed by atoms with E-state index in [4.69, 9.17) is 4.74 Å². The van der Waals surface area contributed by atoms with Gasteiger partial charge < -0.3 is 14.6 Å². The SMILES string of the molecule is CCCOCCn1cccc1C(C)NC. The van der Waals surface area contributed by atoms with Crippen LogP contribution in [0.3, 0.4) is 0 Å². The minimum Gasteiger partial charge on any atom is -0.380 e. The van der Waals surface area contributed by atoms with Crippen molar-refractivity contribution in [3.05, 3.63) is 24.0 Å². The molecule has 1 aromatic rings. The van der Waals surface area contributed by atoms with Crippen molar-refractivity contribution in [2.75, 3.05) is 20.3 Å². The lowest BCUT2D eigenvalue weighted by Gasteiger charge is -2.14. The molecule has 15 heavy (non-hydrogen) atoms. The van der Waals surface area contributed by atoms with Gasteiger partial charge in [-0.15, -0.1) is 0 Å². The van der Waals surface area contributed by atoms with Gasteiger partial charge in [0.15, 0.2) is 0 Å². The molecule has 0 aliphatic heterocycles. The van der Waals surface area contributed by atoms with Gasteiger partial charge in [0.2, 0.25) is 0 Å². The van der Waals surface area contributed by atoms with Gasteiger partial charge in [0.25, 0.3) is 0 Å². The number of nitrogens with zero attached hydrogens (tertiary/aromatic N) is 1. The molecule has 0 fully saturated rings. The Morgan fingerprint density at radius 2 is 2.27 bits per heavy atom. The van der Waals surface area contributed by atoms with E-state index >= 15 is 0 Å². The van der Waals surface area contributed by atoms with Crippen LogP contribution in [0.5, 0.6) is 0 Å². The van der Waals surface area contributed by atoms with Crippen molar-refractivity contribution in [1.82, 2.24) is 9.88 Å². The first-order valence-electron chi connectivity index (χ1n) is 5.69. The highest BCUT2D eigenvalue weighted by molar-refractivity contribution is 5.11. The number of rotatable bonds is 7. The number of nitrogens with one attached hydrogen (secondary N) is 1. The predicted molar refractivity (Wildman–Crippen MR) is 63.0 cm³/mol. The van der Waals surface area contributed by atoms with Crippen molar-refractivity contribution in [2.45, 2.75) is 32.9 Å². The average Bonchev–Trinajstić information content (AvgIpc) is 2.71. The zero-order valence-electron chi connectivity index (χ0n) is 9.99. The third kappa shape index (κ3) is 3.68. The van der Waals surface area contributed by atoms with Gasteiger partial charge in [-0.2, -0.15) is 0 Å². The first kappa shape index (κ1) is 12.3. The summed E-state index contributed by atoms with van der Waals surface area (Å²) in [6, 6.07) is 4.63. The van der Waals surface area contributed by atoms with E-state index in [-0.39, 0.29) is 0 Å². The second kappa shape index (κ2) is 6.64. The minimum absolute atomic E-state index is 0.395. The summed E-state index contributed by atoms with van der Waals surface area (Å²) in [5.74, 6) is 0. The standard InChI is InChI=1S/C12H22N2O/c1-4-9-15-10-8-14-7-5-6-12(14)11(2)13-3/h5-7,11,13H,4,8-10H2,1-3H3. The molecule has 1 aromatic heterocycles. The summed E-state index contributed by atoms with van der Waals surface area (Å²) in [7, 11) is 1.98. The summed E-state index contributed by atoms with van der Waals surface area (Å²) in [6.45, 7) is 6.89. The summed E-state index contributed by atoms with van der Waals surface area (Å²) >= 11 is 0. The lowest BCUT2D eigenvalue weighted by Crippen LogP contribution is -2.18. The Kier molecular flexibility index (Phi) is 5.43. The van der Waals surface area contributed by atoms with Gasteiger partial charge in [-0.1, -0.05) is 6.92 Å². The smallest absolute Gasteiger partial charge is 0.0645 e. The minimum atomic E-state index is 0.395. The third-order valence-corrected chi connectivity index (χ3v) is 2.57. The Balaban J connectivity index is 2.43. The molecule has 86 valence electrons. The van der Waals surface area contributed by atoms with Crippen LogP contribution in [0.2, 0.25) is 0 Å². The summed E-state index contributed by atoms with van der Waals surface area (Å²) in [5.41, 5.74) is 1.32. The van der Waals surface area contributed by atoms with Crippen molar-refractivity contribution in [3.8, 4) is 0 Å². The van der Waals surface area contributed by atoms with Crippen LogP contribution in [-0.2, 0) is 11.3 Å². The highest BCUT2D eigenvalue weighted by Gasteiger charge is 2.06. The van der Waals surface area contributed by atoms with Gasteiger partial charge in [0.1, 0.15) is 0 Å². The second-order valence-electron chi connectivity index (χ2n) is 3.75. The fourth-order valence-corrected chi connectivity index (χ4v) is 1.58. The Labute approximate surface area is 92.4 Å². The quantitative estimate of drug-likeness (QED) is 0.698. The molecule has 0 saturated carbocycles. The van der Waals surface area contributed by atoms with Crippen LogP contribution < -0.4 is 5.32 Å². The molecule has 0 saturated heterocycles. The van der Waals surface area contributed by atoms with Crippen molar-refractivity contribution >= 4 is 0 Å². The average molecular weight is 210 g/mol. The highest BCUT2D eigenvalue weighted by atomic mass is 16.5. The van der Waals surface area contributed by atoms with Crippen molar-refractivity contribution < 1.29 is 4.74 Å². The lowest BCUT2D eigenvalue weighted by atomic mass is 10.2. The number of aromatic nitrogens is 1. The van der Waals surface area contributed by atoms with Gasteiger partial charge in [0.05, 0.1) is 6.61 Å². The normalized spacial score (nSPS) is 13.0. The Hall–Kier alpha value is -0.800. The van der Waals surface area contributed by atoms with E-state index in [1.807, 2.05) is 7.05 Å². The van der Waals surface area contributed by atoms with Crippen LogP contribution >= 0.6 is 0 Å². The maximum atomic E-state index is 5.48. The summed E-state index contributed by atoms with van der Waals surface area (Å²) in [5, 5.41) is 3.25. The first-order chi connectivity index (χ1) is 7.29. The third-order valence-electron chi connectivity index (χ3n) is 2.57. The molecule has 0 bridgehead atoms. The molecule has 3 heteroatoms. The molecule has 0 aliphatic carbocycles. The summed E-state index contributed by atoms with van der Waals surface area (Å²) < 4.78 is 7.73. The zero-order chi connectivity index (χ0) is 11.1. The number of hydrogen-bond donors (Lipinski definition) is 1. The fourth-order valence-electron chi connectivity index (χ4n) is 1.58. The second-order valence-corrected chi connectivity index (χ2v) is 3.75. The van der Waals surface area contributed by atoms with Gasteiger partial charge in [0, 0.05) is 31.1 Å². The van der Waals surface area contributed by atoms with Crippen LogP contribution in [0, 0.1) is 0 Å². The predicted octanol–water partition coefficient (Wildman–Crippen LogP) is 2.20. The molecular weight excluding hydrogens is 188 g/mol. The van der Waals surface area contributed by atoms with Gasteiger partial charge in [-0.25, -0.2) is 0 Å². The van der Waals surface area contributed by atoms with Crippen LogP contribution in [0.1, 0.15) is 32.0 Å². The molecule has 1 unspecified atom stereocenters.